The van der Waals surface area contributed by atoms with Gasteiger partial charge in [0, 0.05) is 16.8 Å². The smallest absolute Gasteiger partial charge is 0.259 e. The number of halogens is 2. The Bertz CT molecular complexity index is 923. The number of nitrogens with zero attached hydrogens (tertiary/aromatic N) is 2. The Morgan fingerprint density at radius 2 is 2.04 bits per heavy atom. The Kier molecular flexibility index (Phi) is 4.22. The van der Waals surface area contributed by atoms with Gasteiger partial charge in [-0.1, -0.05) is 17.7 Å². The minimum atomic E-state index is -0.533. The summed E-state index contributed by atoms with van der Waals surface area (Å²) < 4.78 is 14.9. The van der Waals surface area contributed by atoms with Gasteiger partial charge in [-0.2, -0.15) is 5.10 Å². The van der Waals surface area contributed by atoms with E-state index in [1.54, 1.807) is 35.9 Å². The number of anilines is 2. The molecule has 1 amide bonds. The van der Waals surface area contributed by atoms with E-state index in [1.165, 1.54) is 12.1 Å². The molecule has 24 heavy (non-hydrogen) atoms. The zero-order valence-electron chi connectivity index (χ0n) is 12.8. The molecule has 0 aliphatic heterocycles. The summed E-state index contributed by atoms with van der Waals surface area (Å²) in [6.07, 6.45) is 0. The molecule has 7 heteroatoms. The third kappa shape index (κ3) is 3.23. The largest absolute Gasteiger partial charge is 0.398 e. The van der Waals surface area contributed by atoms with Gasteiger partial charge in [0.05, 0.1) is 16.9 Å². The number of carbonyl (C=O) groups excluding carboxylic acids is 1. The molecular formula is C17H14ClFN4O. The van der Waals surface area contributed by atoms with Crippen molar-refractivity contribution in [2.45, 2.75) is 6.92 Å². The van der Waals surface area contributed by atoms with Crippen molar-refractivity contribution in [1.29, 1.82) is 0 Å². The third-order valence-corrected chi connectivity index (χ3v) is 3.62. The summed E-state index contributed by atoms with van der Waals surface area (Å²) in [7, 11) is 0. The molecule has 3 aromatic rings. The van der Waals surface area contributed by atoms with E-state index in [4.69, 9.17) is 17.3 Å². The van der Waals surface area contributed by atoms with Gasteiger partial charge in [-0.25, -0.2) is 9.07 Å². The first-order chi connectivity index (χ1) is 11.4. The molecule has 0 unspecified atom stereocenters. The Hall–Kier alpha value is -2.86. The Morgan fingerprint density at radius 1 is 1.25 bits per heavy atom. The van der Waals surface area contributed by atoms with E-state index in [0.29, 0.717) is 22.2 Å². The number of carbonyl (C=O) groups is 1. The minimum Gasteiger partial charge on any atom is -0.398 e. The van der Waals surface area contributed by atoms with E-state index in [2.05, 4.69) is 10.4 Å². The molecule has 0 radical (unpaired) electrons. The number of hydrogen-bond acceptors (Lipinski definition) is 3. The fourth-order valence-electron chi connectivity index (χ4n) is 2.30. The average molecular weight is 345 g/mol. The van der Waals surface area contributed by atoms with Crippen molar-refractivity contribution in [3.63, 3.8) is 0 Å². The second-order valence-corrected chi connectivity index (χ2v) is 5.68. The molecular weight excluding hydrogens is 331 g/mol. The number of amides is 1. The van der Waals surface area contributed by atoms with Crippen molar-refractivity contribution in [2.24, 2.45) is 0 Å². The van der Waals surface area contributed by atoms with Crippen molar-refractivity contribution in [2.75, 3.05) is 11.1 Å². The van der Waals surface area contributed by atoms with Crippen LogP contribution < -0.4 is 11.1 Å². The normalized spacial score (nSPS) is 10.6. The molecule has 3 N–H and O–H groups in total. The maximum absolute atomic E-state index is 13.4. The van der Waals surface area contributed by atoms with E-state index in [-0.39, 0.29) is 11.3 Å². The second-order valence-electron chi connectivity index (χ2n) is 5.25. The summed E-state index contributed by atoms with van der Waals surface area (Å²) in [5.74, 6) is -0.618. The number of aryl methyl sites for hydroxylation is 1. The lowest BCUT2D eigenvalue weighted by Crippen LogP contribution is -2.17. The fraction of sp³-hybridized carbons (Fsp3) is 0.0588. The molecule has 0 spiro atoms. The lowest BCUT2D eigenvalue weighted by molar-refractivity contribution is 0.102. The summed E-state index contributed by atoms with van der Waals surface area (Å²) in [6.45, 7) is 1.80. The van der Waals surface area contributed by atoms with Gasteiger partial charge in [0.15, 0.2) is 0 Å². The van der Waals surface area contributed by atoms with Crippen molar-refractivity contribution >= 4 is 29.0 Å². The maximum atomic E-state index is 13.4. The zero-order chi connectivity index (χ0) is 17.3. The Labute approximate surface area is 142 Å². The summed E-state index contributed by atoms with van der Waals surface area (Å²) in [4.78, 5) is 12.4. The van der Waals surface area contributed by atoms with Gasteiger partial charge in [-0.05, 0) is 43.3 Å². The van der Waals surface area contributed by atoms with Gasteiger partial charge in [0.2, 0.25) is 0 Å². The predicted octanol–water partition coefficient (Wildman–Crippen LogP) is 3.81. The fourth-order valence-corrected chi connectivity index (χ4v) is 2.49. The van der Waals surface area contributed by atoms with Crippen molar-refractivity contribution < 1.29 is 9.18 Å². The highest BCUT2D eigenvalue weighted by molar-refractivity contribution is 6.30. The van der Waals surface area contributed by atoms with Gasteiger partial charge in [0.1, 0.15) is 11.6 Å². The molecule has 0 fully saturated rings. The van der Waals surface area contributed by atoms with Gasteiger partial charge >= 0.3 is 0 Å². The van der Waals surface area contributed by atoms with E-state index >= 15 is 0 Å². The number of benzene rings is 2. The van der Waals surface area contributed by atoms with Crippen LogP contribution in [0.5, 0.6) is 0 Å². The second kappa shape index (κ2) is 6.33. The summed E-state index contributed by atoms with van der Waals surface area (Å²) in [5.41, 5.74) is 7.41. The first-order valence-electron chi connectivity index (χ1n) is 7.13. The molecule has 0 bridgehead atoms. The van der Waals surface area contributed by atoms with Crippen molar-refractivity contribution in [1.82, 2.24) is 9.78 Å². The molecule has 1 heterocycles. The van der Waals surface area contributed by atoms with Crippen LogP contribution in [-0.4, -0.2) is 15.7 Å². The molecule has 0 saturated heterocycles. The highest BCUT2D eigenvalue weighted by atomic mass is 35.5. The number of rotatable bonds is 3. The Morgan fingerprint density at radius 3 is 2.79 bits per heavy atom. The first kappa shape index (κ1) is 16.0. The van der Waals surface area contributed by atoms with Crippen LogP contribution in [0.1, 0.15) is 16.1 Å². The number of nitrogens with one attached hydrogen (secondary N) is 1. The van der Waals surface area contributed by atoms with Crippen molar-refractivity contribution in [3.05, 3.63) is 70.6 Å². The summed E-state index contributed by atoms with van der Waals surface area (Å²) >= 11 is 6.01. The molecule has 0 atom stereocenters. The molecule has 3 rings (SSSR count). The lowest BCUT2D eigenvalue weighted by Gasteiger charge is -2.10. The van der Waals surface area contributed by atoms with Gasteiger partial charge in [-0.3, -0.25) is 4.79 Å². The van der Waals surface area contributed by atoms with Crippen LogP contribution in [0.4, 0.5) is 15.9 Å². The molecule has 0 aliphatic carbocycles. The SMILES string of the molecule is Cc1cc(NC(=O)c2cc(F)ccc2N)n(-c2cccc(Cl)c2)n1. The van der Waals surface area contributed by atoms with Crippen LogP contribution >= 0.6 is 11.6 Å². The van der Waals surface area contributed by atoms with E-state index in [1.807, 2.05) is 6.07 Å². The number of nitrogens with two attached hydrogens (primary N) is 1. The monoisotopic (exact) mass is 344 g/mol. The van der Waals surface area contributed by atoms with Crippen LogP contribution in [0.3, 0.4) is 0 Å². The molecule has 122 valence electrons. The van der Waals surface area contributed by atoms with Crippen LogP contribution in [0.2, 0.25) is 5.02 Å². The van der Waals surface area contributed by atoms with Crippen LogP contribution in [0, 0.1) is 12.7 Å². The van der Waals surface area contributed by atoms with Crippen molar-refractivity contribution in [3.8, 4) is 5.69 Å². The zero-order valence-corrected chi connectivity index (χ0v) is 13.5. The minimum absolute atomic E-state index is 0.0616. The van der Waals surface area contributed by atoms with Crippen LogP contribution in [0.25, 0.3) is 5.69 Å². The van der Waals surface area contributed by atoms with Gasteiger partial charge < -0.3 is 11.1 Å². The first-order valence-corrected chi connectivity index (χ1v) is 7.51. The maximum Gasteiger partial charge on any atom is 0.259 e. The molecule has 0 saturated carbocycles. The van der Waals surface area contributed by atoms with E-state index < -0.39 is 11.7 Å². The van der Waals surface area contributed by atoms with Gasteiger partial charge in [-0.15, -0.1) is 0 Å². The Balaban J connectivity index is 1.96. The number of nitrogen functional groups attached to an aromatic ring is 1. The average Bonchev–Trinajstić information content (AvgIpc) is 2.90. The third-order valence-electron chi connectivity index (χ3n) is 3.39. The van der Waals surface area contributed by atoms with Crippen LogP contribution in [-0.2, 0) is 0 Å². The highest BCUT2D eigenvalue weighted by Gasteiger charge is 2.15. The van der Waals surface area contributed by atoms with Gasteiger partial charge in [0.25, 0.3) is 5.91 Å². The van der Waals surface area contributed by atoms with E-state index in [9.17, 15) is 9.18 Å². The summed E-state index contributed by atoms with van der Waals surface area (Å²) in [5, 5.41) is 7.60. The quantitative estimate of drug-likeness (QED) is 0.710. The summed E-state index contributed by atoms with van der Waals surface area (Å²) in [6, 6.07) is 12.4. The highest BCUT2D eigenvalue weighted by Crippen LogP contribution is 2.22. The van der Waals surface area contributed by atoms with E-state index in [0.717, 1.165) is 6.07 Å². The van der Waals surface area contributed by atoms with Crippen LogP contribution in [0.15, 0.2) is 48.5 Å². The number of hydrogen-bond donors (Lipinski definition) is 2. The molecule has 2 aromatic carbocycles. The lowest BCUT2D eigenvalue weighted by atomic mass is 10.1. The molecule has 1 aromatic heterocycles. The molecule has 5 nitrogen and oxygen atoms in total. The number of aromatic nitrogens is 2. The predicted molar refractivity (Wildman–Crippen MR) is 92.1 cm³/mol. The topological polar surface area (TPSA) is 72.9 Å². The molecule has 0 aliphatic rings. The standard InChI is InChI=1S/C17H14ClFN4O/c1-10-7-16(23(22-10)13-4-2-3-11(18)8-13)21-17(24)14-9-12(19)5-6-15(14)20/h2-9H,20H2,1H3,(H,21,24).